The van der Waals surface area contributed by atoms with Crippen LogP contribution in [-0.4, -0.2) is 59.5 Å². The minimum atomic E-state index is -1.04. The van der Waals surface area contributed by atoms with Crippen molar-refractivity contribution in [3.63, 3.8) is 0 Å². The van der Waals surface area contributed by atoms with Gasteiger partial charge >= 0.3 is 12.1 Å². The first-order valence-corrected chi connectivity index (χ1v) is 8.89. The molecule has 7 heteroatoms. The van der Waals surface area contributed by atoms with Gasteiger partial charge in [-0.3, -0.25) is 4.79 Å². The molecule has 0 radical (unpaired) electrons. The molecular weight excluding hydrogens is 348 g/mol. The number of fused-ring (bicyclic) bond motifs is 2. The lowest BCUT2D eigenvalue weighted by atomic mass is 9.65. The van der Waals surface area contributed by atoms with E-state index in [1.165, 1.54) is 12.0 Å². The number of aromatic nitrogens is 1. The predicted molar refractivity (Wildman–Crippen MR) is 98.6 cm³/mol. The SMILES string of the molecule is C=C[C@@]12CN(C(=O)O)CC[C@@H]1[C@](C(=O)OC)(c1cc3ccccc3[nH]1)CO2. The molecule has 0 saturated carbocycles. The van der Waals surface area contributed by atoms with Crippen LogP contribution in [0, 0.1) is 5.92 Å². The van der Waals surface area contributed by atoms with Crippen LogP contribution in [-0.2, 0) is 19.7 Å². The first kappa shape index (κ1) is 17.6. The molecule has 0 aliphatic carbocycles. The van der Waals surface area contributed by atoms with Crippen molar-refractivity contribution in [2.75, 3.05) is 26.8 Å². The summed E-state index contributed by atoms with van der Waals surface area (Å²) in [6.07, 6.45) is 1.11. The summed E-state index contributed by atoms with van der Waals surface area (Å²) in [4.78, 5) is 29.2. The summed E-state index contributed by atoms with van der Waals surface area (Å²) < 4.78 is 11.3. The number of ether oxygens (including phenoxy) is 2. The van der Waals surface area contributed by atoms with E-state index in [0.717, 1.165) is 16.6 Å². The van der Waals surface area contributed by atoms with Gasteiger partial charge in [0.15, 0.2) is 0 Å². The first-order valence-electron chi connectivity index (χ1n) is 8.89. The Morgan fingerprint density at radius 1 is 1.44 bits per heavy atom. The van der Waals surface area contributed by atoms with Gasteiger partial charge in [-0.05, 0) is 23.9 Å². The standard InChI is InChI=1S/C20H22N2O5/c1-3-19-11-22(18(24)25)9-8-15(19)20(12-27-19,17(23)26-2)16-10-13-6-4-5-7-14(13)21-16/h3-7,10,15,21H,1,8-9,11-12H2,2H3,(H,24,25)/t15-,19+,20-/m0/s1. The highest BCUT2D eigenvalue weighted by molar-refractivity contribution is 5.88. The normalized spacial score (nSPS) is 30.1. The van der Waals surface area contributed by atoms with Crippen molar-refractivity contribution < 1.29 is 24.2 Å². The second-order valence-electron chi connectivity index (χ2n) is 7.23. The van der Waals surface area contributed by atoms with Crippen LogP contribution >= 0.6 is 0 Å². The van der Waals surface area contributed by atoms with Crippen LogP contribution in [0.1, 0.15) is 12.1 Å². The molecule has 0 bridgehead atoms. The maximum absolute atomic E-state index is 13.1. The van der Waals surface area contributed by atoms with Gasteiger partial charge in [0, 0.05) is 23.7 Å². The summed E-state index contributed by atoms with van der Waals surface area (Å²) in [7, 11) is 1.37. The molecule has 2 aliphatic heterocycles. The number of nitrogens with zero attached hydrogens (tertiary/aromatic N) is 1. The zero-order chi connectivity index (χ0) is 19.2. The van der Waals surface area contributed by atoms with Gasteiger partial charge in [-0.2, -0.15) is 0 Å². The number of para-hydroxylation sites is 1. The molecule has 3 atom stereocenters. The summed E-state index contributed by atoms with van der Waals surface area (Å²) in [5.74, 6) is -0.662. The molecule has 2 saturated heterocycles. The lowest BCUT2D eigenvalue weighted by Crippen LogP contribution is -2.57. The highest BCUT2D eigenvalue weighted by atomic mass is 16.5. The Bertz CT molecular complexity index is 889. The second-order valence-corrected chi connectivity index (χ2v) is 7.23. The number of H-pyrrole nitrogens is 1. The van der Waals surface area contributed by atoms with Crippen molar-refractivity contribution >= 4 is 23.0 Å². The first-order chi connectivity index (χ1) is 13.0. The van der Waals surface area contributed by atoms with E-state index in [0.29, 0.717) is 13.0 Å². The molecule has 2 N–H and O–H groups in total. The summed E-state index contributed by atoms with van der Waals surface area (Å²) >= 11 is 0. The van der Waals surface area contributed by atoms with Gasteiger partial charge in [-0.25, -0.2) is 4.79 Å². The lowest BCUT2D eigenvalue weighted by Gasteiger charge is -2.44. The third-order valence-electron chi connectivity index (χ3n) is 6.06. The maximum Gasteiger partial charge on any atom is 0.407 e. The number of carboxylic acid groups (broad SMARTS) is 1. The molecule has 142 valence electrons. The van der Waals surface area contributed by atoms with Gasteiger partial charge in [-0.1, -0.05) is 24.3 Å². The number of hydrogen-bond acceptors (Lipinski definition) is 4. The van der Waals surface area contributed by atoms with E-state index in [-0.39, 0.29) is 25.0 Å². The maximum atomic E-state index is 13.1. The zero-order valence-corrected chi connectivity index (χ0v) is 15.1. The van der Waals surface area contributed by atoms with Crippen LogP contribution < -0.4 is 0 Å². The molecule has 4 rings (SSSR count). The van der Waals surface area contributed by atoms with E-state index in [9.17, 15) is 14.7 Å². The van der Waals surface area contributed by atoms with E-state index < -0.39 is 17.1 Å². The van der Waals surface area contributed by atoms with E-state index in [4.69, 9.17) is 9.47 Å². The number of amides is 1. The highest BCUT2D eigenvalue weighted by Crippen LogP contribution is 2.52. The fourth-order valence-corrected chi connectivity index (χ4v) is 4.68. The highest BCUT2D eigenvalue weighted by Gasteiger charge is 2.65. The average molecular weight is 370 g/mol. The number of carbonyl (C=O) groups excluding carboxylic acids is 1. The van der Waals surface area contributed by atoms with Crippen LogP contribution in [0.4, 0.5) is 4.79 Å². The molecule has 0 spiro atoms. The number of carbonyl (C=O) groups is 2. The Morgan fingerprint density at radius 3 is 2.89 bits per heavy atom. The monoisotopic (exact) mass is 370 g/mol. The molecule has 2 aliphatic rings. The van der Waals surface area contributed by atoms with Crippen LogP contribution in [0.15, 0.2) is 43.0 Å². The van der Waals surface area contributed by atoms with Gasteiger partial charge in [0.2, 0.25) is 0 Å². The van der Waals surface area contributed by atoms with Gasteiger partial charge in [-0.15, -0.1) is 6.58 Å². The van der Waals surface area contributed by atoms with Gasteiger partial charge in [0.05, 0.1) is 20.3 Å². The summed E-state index contributed by atoms with van der Waals surface area (Å²) in [6.45, 7) is 4.48. The largest absolute Gasteiger partial charge is 0.468 e. The van der Waals surface area contributed by atoms with Crippen molar-refractivity contribution in [1.82, 2.24) is 9.88 Å². The fraction of sp³-hybridized carbons (Fsp3) is 0.400. The third kappa shape index (κ3) is 2.38. The Hall–Kier alpha value is -2.80. The van der Waals surface area contributed by atoms with E-state index >= 15 is 0 Å². The Kier molecular flexibility index (Phi) is 3.99. The second kappa shape index (κ2) is 6.13. The van der Waals surface area contributed by atoms with Crippen molar-refractivity contribution in [1.29, 1.82) is 0 Å². The van der Waals surface area contributed by atoms with Crippen LogP contribution in [0.3, 0.4) is 0 Å². The number of benzene rings is 1. The Morgan fingerprint density at radius 2 is 2.22 bits per heavy atom. The number of aromatic amines is 1. The third-order valence-corrected chi connectivity index (χ3v) is 6.06. The smallest absolute Gasteiger partial charge is 0.407 e. The van der Waals surface area contributed by atoms with Gasteiger partial charge in [0.1, 0.15) is 11.0 Å². The van der Waals surface area contributed by atoms with Gasteiger partial charge in [0.25, 0.3) is 0 Å². The molecule has 7 nitrogen and oxygen atoms in total. The van der Waals surface area contributed by atoms with Crippen LogP contribution in [0.5, 0.6) is 0 Å². The number of piperidine rings is 1. The number of methoxy groups -OCH3 is 1. The Balaban J connectivity index is 1.85. The minimum absolute atomic E-state index is 0.108. The average Bonchev–Trinajstić information content (AvgIpc) is 3.27. The van der Waals surface area contributed by atoms with Crippen molar-refractivity contribution in [3.8, 4) is 0 Å². The van der Waals surface area contributed by atoms with Crippen LogP contribution in [0.25, 0.3) is 10.9 Å². The van der Waals surface area contributed by atoms with E-state index in [2.05, 4.69) is 11.6 Å². The number of nitrogens with one attached hydrogen (secondary N) is 1. The Labute approximate surface area is 156 Å². The minimum Gasteiger partial charge on any atom is -0.468 e. The lowest BCUT2D eigenvalue weighted by molar-refractivity contribution is -0.149. The van der Waals surface area contributed by atoms with Crippen molar-refractivity contribution in [2.45, 2.75) is 17.4 Å². The molecule has 1 aromatic carbocycles. The summed E-state index contributed by atoms with van der Waals surface area (Å²) in [5, 5.41) is 10.4. The molecular formula is C20H22N2O5. The van der Waals surface area contributed by atoms with Gasteiger partial charge < -0.3 is 24.5 Å². The van der Waals surface area contributed by atoms with Crippen LogP contribution in [0.2, 0.25) is 0 Å². The summed E-state index contributed by atoms with van der Waals surface area (Å²) in [5.41, 5.74) is -0.308. The summed E-state index contributed by atoms with van der Waals surface area (Å²) in [6, 6.07) is 9.75. The number of hydrogen-bond donors (Lipinski definition) is 2. The molecule has 1 amide bonds. The number of esters is 1. The molecule has 1 aromatic heterocycles. The topological polar surface area (TPSA) is 91.9 Å². The number of rotatable bonds is 3. The molecule has 27 heavy (non-hydrogen) atoms. The molecule has 0 unspecified atom stereocenters. The van der Waals surface area contributed by atoms with Crippen molar-refractivity contribution in [3.05, 3.63) is 48.7 Å². The van der Waals surface area contributed by atoms with Crippen molar-refractivity contribution in [2.24, 2.45) is 5.92 Å². The molecule has 3 heterocycles. The number of likely N-dealkylation sites (tertiary alicyclic amines) is 1. The zero-order valence-electron chi connectivity index (χ0n) is 15.1. The predicted octanol–water partition coefficient (Wildman–Crippen LogP) is 2.53. The molecule has 2 aromatic rings. The fourth-order valence-electron chi connectivity index (χ4n) is 4.68. The molecule has 2 fully saturated rings. The van der Waals surface area contributed by atoms with E-state index in [1.807, 2.05) is 30.3 Å². The quantitative estimate of drug-likeness (QED) is 0.640. The van der Waals surface area contributed by atoms with E-state index in [1.54, 1.807) is 6.08 Å².